The highest BCUT2D eigenvalue weighted by molar-refractivity contribution is 5.73. The molecule has 2 aliphatic rings. The Morgan fingerprint density at radius 2 is 1.94 bits per heavy atom. The summed E-state index contributed by atoms with van der Waals surface area (Å²) >= 11 is 0. The Balaban J connectivity index is 1.36. The lowest BCUT2D eigenvalue weighted by molar-refractivity contribution is 0.310. The number of halogens is 1. The summed E-state index contributed by atoms with van der Waals surface area (Å²) in [4.78, 5) is 4.88. The van der Waals surface area contributed by atoms with Crippen LogP contribution in [0.1, 0.15) is 17.5 Å². The molecule has 0 radical (unpaired) electrons. The Morgan fingerprint density at radius 3 is 2.84 bits per heavy atom. The Labute approximate surface area is 182 Å². The minimum absolute atomic E-state index is 0.223. The second-order valence-corrected chi connectivity index (χ2v) is 8.24. The summed E-state index contributed by atoms with van der Waals surface area (Å²) in [6, 6.07) is 21.8. The van der Waals surface area contributed by atoms with Crippen molar-refractivity contribution in [1.82, 2.24) is 4.90 Å². The zero-order valence-corrected chi connectivity index (χ0v) is 17.8. The van der Waals surface area contributed by atoms with Gasteiger partial charge in [0, 0.05) is 36.9 Å². The fourth-order valence-corrected chi connectivity index (χ4v) is 4.70. The fourth-order valence-electron chi connectivity index (χ4n) is 4.70. The molecule has 160 valence electrons. The first kappa shape index (κ1) is 19.9. The molecule has 0 bridgehead atoms. The van der Waals surface area contributed by atoms with Crippen LogP contribution in [0.15, 0.2) is 66.7 Å². The van der Waals surface area contributed by atoms with E-state index < -0.39 is 0 Å². The summed E-state index contributed by atoms with van der Waals surface area (Å²) in [6.07, 6.45) is 2.05. The van der Waals surface area contributed by atoms with Crippen molar-refractivity contribution >= 4 is 11.4 Å². The highest BCUT2D eigenvalue weighted by Gasteiger charge is 2.32. The lowest BCUT2D eigenvalue weighted by Crippen LogP contribution is -2.35. The van der Waals surface area contributed by atoms with Crippen molar-refractivity contribution in [3.05, 3.63) is 83.7 Å². The summed E-state index contributed by atoms with van der Waals surface area (Å²) in [5, 5.41) is 0. The standard InChI is InChI=1S/C26H27FN2O2/c1-30-23-6-4-5-19(15-23)11-13-28-14-12-22(17-28)29-24-10-9-21(27)16-20(24)18-31-26-8-3-2-7-25(26)29/h2-10,15-16,22H,11-14,17-18H2,1H3. The lowest BCUT2D eigenvalue weighted by Gasteiger charge is -2.32. The van der Waals surface area contributed by atoms with E-state index in [0.717, 1.165) is 60.9 Å². The zero-order valence-electron chi connectivity index (χ0n) is 17.8. The molecule has 1 fully saturated rings. The number of hydrogen-bond donors (Lipinski definition) is 0. The van der Waals surface area contributed by atoms with Crippen molar-refractivity contribution in [3.8, 4) is 11.5 Å². The number of nitrogens with zero attached hydrogens (tertiary/aromatic N) is 2. The molecule has 1 unspecified atom stereocenters. The van der Waals surface area contributed by atoms with Gasteiger partial charge in [-0.1, -0.05) is 24.3 Å². The van der Waals surface area contributed by atoms with E-state index in [4.69, 9.17) is 9.47 Å². The van der Waals surface area contributed by atoms with E-state index in [1.165, 1.54) is 5.56 Å². The molecule has 2 heterocycles. The van der Waals surface area contributed by atoms with Crippen LogP contribution in [0.5, 0.6) is 11.5 Å². The molecule has 0 spiro atoms. The molecule has 0 N–H and O–H groups in total. The number of para-hydroxylation sites is 2. The summed E-state index contributed by atoms with van der Waals surface area (Å²) in [5.74, 6) is 1.54. The van der Waals surface area contributed by atoms with Gasteiger partial charge in [0.25, 0.3) is 0 Å². The molecule has 1 saturated heterocycles. The SMILES string of the molecule is COc1cccc(CCN2CCC(N3c4ccc(F)cc4COc4ccccc43)C2)c1. The van der Waals surface area contributed by atoms with Crippen LogP contribution in [0.2, 0.25) is 0 Å². The molecule has 0 saturated carbocycles. The number of fused-ring (bicyclic) bond motifs is 2. The largest absolute Gasteiger partial charge is 0.497 e. The maximum absolute atomic E-state index is 13.9. The van der Waals surface area contributed by atoms with E-state index >= 15 is 0 Å². The van der Waals surface area contributed by atoms with Crippen LogP contribution in [0.25, 0.3) is 0 Å². The number of likely N-dealkylation sites (tertiary alicyclic amines) is 1. The average molecular weight is 419 g/mol. The average Bonchev–Trinajstić information content (AvgIpc) is 3.20. The normalized spacial score (nSPS) is 18.1. The Kier molecular flexibility index (Phi) is 5.51. The number of ether oxygens (including phenoxy) is 2. The summed E-state index contributed by atoms with van der Waals surface area (Å²) < 4.78 is 25.3. The van der Waals surface area contributed by atoms with Gasteiger partial charge >= 0.3 is 0 Å². The quantitative estimate of drug-likeness (QED) is 0.570. The van der Waals surface area contributed by atoms with Crippen molar-refractivity contribution in [3.63, 3.8) is 0 Å². The van der Waals surface area contributed by atoms with E-state index in [2.05, 4.69) is 28.0 Å². The smallest absolute Gasteiger partial charge is 0.143 e. The van der Waals surface area contributed by atoms with Gasteiger partial charge in [-0.15, -0.1) is 0 Å². The van der Waals surface area contributed by atoms with Crippen LogP contribution in [-0.2, 0) is 13.0 Å². The Morgan fingerprint density at radius 1 is 1.03 bits per heavy atom. The first-order chi connectivity index (χ1) is 15.2. The molecule has 0 aliphatic carbocycles. The van der Waals surface area contributed by atoms with Crippen LogP contribution in [0, 0.1) is 5.82 Å². The van der Waals surface area contributed by atoms with Crippen LogP contribution in [-0.4, -0.2) is 37.7 Å². The molecule has 0 aromatic heterocycles. The second-order valence-electron chi connectivity index (χ2n) is 8.24. The number of rotatable bonds is 5. The van der Waals surface area contributed by atoms with E-state index in [9.17, 15) is 4.39 Å². The first-order valence-corrected chi connectivity index (χ1v) is 10.9. The number of methoxy groups -OCH3 is 1. The topological polar surface area (TPSA) is 24.9 Å². The van der Waals surface area contributed by atoms with Crippen LogP contribution in [0.4, 0.5) is 15.8 Å². The Hall–Kier alpha value is -3.05. The lowest BCUT2D eigenvalue weighted by atomic mass is 10.1. The van der Waals surface area contributed by atoms with Gasteiger partial charge < -0.3 is 19.3 Å². The zero-order chi connectivity index (χ0) is 21.2. The predicted molar refractivity (Wildman–Crippen MR) is 121 cm³/mol. The molecule has 5 rings (SSSR count). The van der Waals surface area contributed by atoms with Crippen LogP contribution in [0.3, 0.4) is 0 Å². The minimum Gasteiger partial charge on any atom is -0.497 e. The molecule has 1 atom stereocenters. The highest BCUT2D eigenvalue weighted by atomic mass is 19.1. The third-order valence-electron chi connectivity index (χ3n) is 6.27. The minimum atomic E-state index is -0.223. The van der Waals surface area contributed by atoms with E-state index in [1.807, 2.05) is 36.4 Å². The van der Waals surface area contributed by atoms with Crippen molar-refractivity contribution in [2.24, 2.45) is 0 Å². The maximum Gasteiger partial charge on any atom is 0.143 e. The summed E-state index contributed by atoms with van der Waals surface area (Å²) in [7, 11) is 1.70. The van der Waals surface area contributed by atoms with Gasteiger partial charge in [-0.05, 0) is 60.9 Å². The molecular formula is C26H27FN2O2. The van der Waals surface area contributed by atoms with Gasteiger partial charge in [-0.2, -0.15) is 0 Å². The molecule has 2 aliphatic heterocycles. The van der Waals surface area contributed by atoms with Gasteiger partial charge in [-0.3, -0.25) is 0 Å². The number of anilines is 2. The third kappa shape index (κ3) is 4.10. The molecule has 3 aromatic rings. The van der Waals surface area contributed by atoms with Gasteiger partial charge in [-0.25, -0.2) is 4.39 Å². The van der Waals surface area contributed by atoms with Crippen molar-refractivity contribution in [2.45, 2.75) is 25.5 Å². The van der Waals surface area contributed by atoms with Gasteiger partial charge in [0.05, 0.1) is 12.8 Å². The highest BCUT2D eigenvalue weighted by Crippen LogP contribution is 2.42. The molecule has 4 nitrogen and oxygen atoms in total. The molecular weight excluding hydrogens is 391 g/mol. The third-order valence-corrected chi connectivity index (χ3v) is 6.27. The number of benzene rings is 3. The summed E-state index contributed by atoms with van der Waals surface area (Å²) in [5.41, 5.74) is 4.29. The summed E-state index contributed by atoms with van der Waals surface area (Å²) in [6.45, 7) is 3.40. The Bertz CT molecular complexity index is 1070. The van der Waals surface area contributed by atoms with E-state index in [1.54, 1.807) is 19.2 Å². The first-order valence-electron chi connectivity index (χ1n) is 10.9. The van der Waals surface area contributed by atoms with Crippen molar-refractivity contribution in [1.29, 1.82) is 0 Å². The predicted octanol–water partition coefficient (Wildman–Crippen LogP) is 5.18. The molecule has 31 heavy (non-hydrogen) atoms. The van der Waals surface area contributed by atoms with Gasteiger partial charge in [0.15, 0.2) is 0 Å². The fraction of sp³-hybridized carbons (Fsp3) is 0.308. The van der Waals surface area contributed by atoms with Crippen LogP contribution >= 0.6 is 0 Å². The van der Waals surface area contributed by atoms with E-state index in [0.29, 0.717) is 12.6 Å². The number of hydrogen-bond acceptors (Lipinski definition) is 4. The van der Waals surface area contributed by atoms with Crippen molar-refractivity contribution in [2.75, 3.05) is 31.6 Å². The molecule has 5 heteroatoms. The molecule has 0 amide bonds. The second kappa shape index (κ2) is 8.60. The molecule has 3 aromatic carbocycles. The van der Waals surface area contributed by atoms with Gasteiger partial charge in [0.2, 0.25) is 0 Å². The maximum atomic E-state index is 13.9. The van der Waals surface area contributed by atoms with Crippen molar-refractivity contribution < 1.29 is 13.9 Å². The van der Waals surface area contributed by atoms with E-state index in [-0.39, 0.29) is 5.82 Å². The van der Waals surface area contributed by atoms with Gasteiger partial charge in [0.1, 0.15) is 23.9 Å². The van der Waals surface area contributed by atoms with Crippen LogP contribution < -0.4 is 14.4 Å². The monoisotopic (exact) mass is 418 g/mol.